The third kappa shape index (κ3) is 3.28. The molecule has 1 aliphatic rings. The third-order valence-corrected chi connectivity index (χ3v) is 5.55. The summed E-state index contributed by atoms with van der Waals surface area (Å²) in [5, 5.41) is 3.65. The van der Waals surface area contributed by atoms with Gasteiger partial charge in [0.25, 0.3) is 10.0 Å². The lowest BCUT2D eigenvalue weighted by Gasteiger charge is -2.17. The smallest absolute Gasteiger partial charge is 0.263 e. The van der Waals surface area contributed by atoms with Gasteiger partial charge in [-0.1, -0.05) is 11.2 Å². The number of nitrogens with zero attached hydrogens (tertiary/aromatic N) is 2. The second-order valence-corrected chi connectivity index (χ2v) is 7.57. The van der Waals surface area contributed by atoms with Gasteiger partial charge in [0.1, 0.15) is 6.26 Å². The van der Waals surface area contributed by atoms with Crippen LogP contribution in [0.1, 0.15) is 23.6 Å². The van der Waals surface area contributed by atoms with Crippen molar-refractivity contribution in [3.05, 3.63) is 41.2 Å². The van der Waals surface area contributed by atoms with Gasteiger partial charge < -0.3 is 9.42 Å². The molecule has 8 heteroatoms. The second kappa shape index (κ2) is 6.27. The van der Waals surface area contributed by atoms with E-state index in [0.29, 0.717) is 25.1 Å². The van der Waals surface area contributed by atoms with Crippen LogP contribution in [0.4, 0.5) is 5.82 Å². The molecular formula is C16H19N3O4S. The van der Waals surface area contributed by atoms with Crippen molar-refractivity contribution in [3.8, 4) is 0 Å². The summed E-state index contributed by atoms with van der Waals surface area (Å²) in [5.41, 5.74) is 2.65. The van der Waals surface area contributed by atoms with Crippen molar-refractivity contribution in [3.63, 3.8) is 0 Å². The third-order valence-electron chi connectivity index (χ3n) is 4.21. The second-order valence-electron chi connectivity index (χ2n) is 5.89. The predicted molar refractivity (Wildman–Crippen MR) is 88.2 cm³/mol. The lowest BCUT2D eigenvalue weighted by Crippen LogP contribution is -2.30. The molecule has 0 radical (unpaired) electrons. The molecule has 0 unspecified atom stereocenters. The molecule has 1 amide bonds. The number of amides is 1. The Balaban J connectivity index is 1.86. The number of hydrogen-bond donors (Lipinski definition) is 1. The van der Waals surface area contributed by atoms with E-state index >= 15 is 0 Å². The van der Waals surface area contributed by atoms with Crippen LogP contribution in [0.2, 0.25) is 0 Å². The van der Waals surface area contributed by atoms with E-state index in [0.717, 1.165) is 17.5 Å². The number of anilines is 1. The van der Waals surface area contributed by atoms with Gasteiger partial charge in [-0.25, -0.2) is 8.42 Å². The van der Waals surface area contributed by atoms with Gasteiger partial charge in [-0.15, -0.1) is 0 Å². The molecule has 2 heterocycles. The fourth-order valence-corrected chi connectivity index (χ4v) is 3.87. The molecule has 2 aromatic rings. The molecule has 0 atom stereocenters. The zero-order chi connectivity index (χ0) is 17.3. The van der Waals surface area contributed by atoms with Crippen LogP contribution in [0.3, 0.4) is 0 Å². The summed E-state index contributed by atoms with van der Waals surface area (Å²) in [6.07, 6.45) is 2.75. The van der Waals surface area contributed by atoms with E-state index < -0.39 is 10.0 Å². The van der Waals surface area contributed by atoms with Crippen molar-refractivity contribution in [1.82, 2.24) is 10.1 Å². The molecular weight excluding hydrogens is 330 g/mol. The van der Waals surface area contributed by atoms with Crippen molar-refractivity contribution < 1.29 is 17.7 Å². The van der Waals surface area contributed by atoms with E-state index in [2.05, 4.69) is 9.88 Å². The average molecular weight is 349 g/mol. The molecule has 1 aromatic carbocycles. The number of carbonyl (C=O) groups is 1. The van der Waals surface area contributed by atoms with E-state index in [-0.39, 0.29) is 16.6 Å². The monoisotopic (exact) mass is 349 g/mol. The van der Waals surface area contributed by atoms with Crippen molar-refractivity contribution in [2.24, 2.45) is 0 Å². The number of aryl methyl sites for hydroxylation is 1. The number of nitrogens with one attached hydrogen (secondary N) is 1. The molecule has 0 saturated heterocycles. The first kappa shape index (κ1) is 16.5. The van der Waals surface area contributed by atoms with Crippen molar-refractivity contribution in [2.45, 2.75) is 31.6 Å². The Morgan fingerprint density at radius 3 is 2.58 bits per heavy atom. The Hall–Kier alpha value is -2.35. The van der Waals surface area contributed by atoms with Gasteiger partial charge in [0.15, 0.2) is 5.82 Å². The minimum absolute atomic E-state index is 0.0406. The summed E-state index contributed by atoms with van der Waals surface area (Å²) in [7, 11) is -3.73. The molecule has 1 N–H and O–H groups in total. The van der Waals surface area contributed by atoms with E-state index in [1.165, 1.54) is 6.26 Å². The first-order valence-corrected chi connectivity index (χ1v) is 9.16. The highest BCUT2D eigenvalue weighted by molar-refractivity contribution is 7.92. The summed E-state index contributed by atoms with van der Waals surface area (Å²) in [4.78, 5) is 13.5. The number of rotatable bonds is 3. The van der Waals surface area contributed by atoms with Crippen LogP contribution in [0.25, 0.3) is 0 Å². The molecule has 128 valence electrons. The number of carbonyl (C=O) groups excluding carboxylic acids is 1. The highest BCUT2D eigenvalue weighted by Crippen LogP contribution is 2.23. The summed E-state index contributed by atoms with van der Waals surface area (Å²) >= 11 is 0. The Labute approximate surface area is 140 Å². The van der Waals surface area contributed by atoms with Gasteiger partial charge in [-0.2, -0.15) is 0 Å². The summed E-state index contributed by atoms with van der Waals surface area (Å²) in [5.74, 6) is 0.228. The zero-order valence-electron chi connectivity index (χ0n) is 13.6. The summed E-state index contributed by atoms with van der Waals surface area (Å²) < 4.78 is 32.3. The fraction of sp³-hybridized carbons (Fsp3) is 0.375. The molecule has 3 rings (SSSR count). The van der Waals surface area contributed by atoms with Crippen LogP contribution < -0.4 is 4.72 Å². The maximum absolute atomic E-state index is 12.5. The molecule has 0 spiro atoms. The van der Waals surface area contributed by atoms with Crippen LogP contribution in [-0.4, -0.2) is 37.5 Å². The molecule has 1 aromatic heterocycles. The van der Waals surface area contributed by atoms with Crippen molar-refractivity contribution >= 4 is 21.7 Å². The molecule has 1 aliphatic heterocycles. The van der Waals surface area contributed by atoms with Crippen LogP contribution in [-0.2, 0) is 27.7 Å². The zero-order valence-corrected chi connectivity index (χ0v) is 14.4. The maximum Gasteiger partial charge on any atom is 0.263 e. The highest BCUT2D eigenvalue weighted by atomic mass is 32.2. The number of hydrogen-bond acceptors (Lipinski definition) is 5. The molecule has 0 aliphatic carbocycles. The average Bonchev–Trinajstić information content (AvgIpc) is 2.81. The first-order chi connectivity index (χ1) is 11.4. The maximum atomic E-state index is 12.5. The van der Waals surface area contributed by atoms with Gasteiger partial charge in [-0.05, 0) is 43.0 Å². The Bertz CT molecular complexity index is 873. The van der Waals surface area contributed by atoms with Gasteiger partial charge in [0.05, 0.1) is 4.90 Å². The minimum atomic E-state index is -3.73. The standard InChI is InChI=1S/C16H19N3O4S/c1-11-10-23-17-16(11)18-24(21,22)15-4-3-13-5-7-19(12(2)20)8-6-14(13)9-15/h3-4,9-10H,5-8H2,1-2H3,(H,17,18). The number of sulfonamides is 1. The van der Waals surface area contributed by atoms with Crippen LogP contribution in [0.15, 0.2) is 33.9 Å². The van der Waals surface area contributed by atoms with Gasteiger partial charge >= 0.3 is 0 Å². The van der Waals surface area contributed by atoms with E-state index in [9.17, 15) is 13.2 Å². The normalized spacial score (nSPS) is 14.8. The molecule has 0 bridgehead atoms. The Morgan fingerprint density at radius 1 is 1.25 bits per heavy atom. The van der Waals surface area contributed by atoms with Gasteiger partial charge in [0, 0.05) is 25.6 Å². The van der Waals surface area contributed by atoms with E-state index in [1.807, 2.05) is 6.07 Å². The van der Waals surface area contributed by atoms with E-state index in [4.69, 9.17) is 4.52 Å². The van der Waals surface area contributed by atoms with Crippen molar-refractivity contribution in [2.75, 3.05) is 17.8 Å². The van der Waals surface area contributed by atoms with Crippen LogP contribution in [0, 0.1) is 6.92 Å². The minimum Gasteiger partial charge on any atom is -0.362 e. The van der Waals surface area contributed by atoms with Crippen LogP contribution in [0.5, 0.6) is 0 Å². The number of benzene rings is 1. The topological polar surface area (TPSA) is 92.5 Å². The molecule has 0 fully saturated rings. The largest absolute Gasteiger partial charge is 0.362 e. The molecule has 7 nitrogen and oxygen atoms in total. The lowest BCUT2D eigenvalue weighted by atomic mass is 10.0. The SMILES string of the molecule is CC(=O)N1CCc2ccc(S(=O)(=O)Nc3nocc3C)cc2CC1. The predicted octanol–water partition coefficient (Wildman–Crippen LogP) is 1.73. The highest BCUT2D eigenvalue weighted by Gasteiger charge is 2.21. The fourth-order valence-electron chi connectivity index (χ4n) is 2.75. The van der Waals surface area contributed by atoms with E-state index in [1.54, 1.807) is 30.9 Å². The van der Waals surface area contributed by atoms with Crippen molar-refractivity contribution in [1.29, 1.82) is 0 Å². The Morgan fingerprint density at radius 2 is 1.96 bits per heavy atom. The summed E-state index contributed by atoms with van der Waals surface area (Å²) in [6.45, 7) is 4.52. The van der Waals surface area contributed by atoms with Gasteiger partial charge in [0.2, 0.25) is 5.91 Å². The molecule has 24 heavy (non-hydrogen) atoms. The summed E-state index contributed by atoms with van der Waals surface area (Å²) in [6, 6.07) is 5.08. The Kier molecular flexibility index (Phi) is 4.31. The first-order valence-electron chi connectivity index (χ1n) is 7.68. The van der Waals surface area contributed by atoms with Gasteiger partial charge in [-0.3, -0.25) is 9.52 Å². The lowest BCUT2D eigenvalue weighted by molar-refractivity contribution is -0.128. The number of fused-ring (bicyclic) bond motifs is 1. The molecule has 0 saturated carbocycles. The number of aromatic nitrogens is 1. The quantitative estimate of drug-likeness (QED) is 0.911. The van der Waals surface area contributed by atoms with Crippen LogP contribution >= 0.6 is 0 Å².